The first-order valence-corrected chi connectivity index (χ1v) is 6.75. The maximum absolute atomic E-state index is 14.0. The van der Waals surface area contributed by atoms with E-state index < -0.39 is 0 Å². The van der Waals surface area contributed by atoms with E-state index in [1.54, 1.807) is 12.1 Å². The molecule has 2 nitrogen and oxygen atoms in total. The van der Waals surface area contributed by atoms with Crippen LogP contribution in [0, 0.1) is 11.2 Å². The smallest absolute Gasteiger partial charge is 0.146 e. The van der Waals surface area contributed by atoms with Crippen molar-refractivity contribution in [3.05, 3.63) is 41.2 Å². The van der Waals surface area contributed by atoms with E-state index in [1.165, 1.54) is 11.6 Å². The van der Waals surface area contributed by atoms with Gasteiger partial charge < -0.3 is 10.0 Å². The first-order valence-electron chi connectivity index (χ1n) is 6.75. The van der Waals surface area contributed by atoms with Gasteiger partial charge in [0.1, 0.15) is 5.82 Å². The third kappa shape index (κ3) is 3.16. The van der Waals surface area contributed by atoms with Crippen molar-refractivity contribution in [2.45, 2.75) is 33.8 Å². The highest BCUT2D eigenvalue weighted by molar-refractivity contribution is 5.51. The molecule has 19 heavy (non-hydrogen) atoms. The van der Waals surface area contributed by atoms with E-state index in [1.807, 2.05) is 4.90 Å². The lowest BCUT2D eigenvalue weighted by atomic mass is 9.83. The summed E-state index contributed by atoms with van der Waals surface area (Å²) in [5.41, 5.74) is 2.88. The number of hydrogen-bond donors (Lipinski definition) is 1. The van der Waals surface area contributed by atoms with Gasteiger partial charge in [0.05, 0.1) is 12.3 Å². The maximum atomic E-state index is 14.0. The van der Waals surface area contributed by atoms with Crippen LogP contribution in [0.4, 0.5) is 10.1 Å². The number of benzene rings is 1. The molecule has 104 valence electrons. The zero-order valence-corrected chi connectivity index (χ0v) is 11.9. The number of aliphatic hydroxyl groups is 1. The van der Waals surface area contributed by atoms with Crippen LogP contribution in [0.5, 0.6) is 0 Å². The lowest BCUT2D eigenvalue weighted by Gasteiger charge is -2.33. The first kappa shape index (κ1) is 14.1. The number of aliphatic hydroxyl groups excluding tert-OH is 1. The average molecular weight is 263 g/mol. The van der Waals surface area contributed by atoms with Crippen LogP contribution in [0.1, 0.15) is 32.8 Å². The fourth-order valence-electron chi connectivity index (χ4n) is 2.47. The van der Waals surface area contributed by atoms with Gasteiger partial charge in [-0.3, -0.25) is 0 Å². The van der Waals surface area contributed by atoms with Gasteiger partial charge in [-0.25, -0.2) is 4.39 Å². The predicted octanol–water partition coefficient (Wildman–Crippen LogP) is 3.50. The summed E-state index contributed by atoms with van der Waals surface area (Å²) >= 11 is 0. The Morgan fingerprint density at radius 1 is 1.32 bits per heavy atom. The molecule has 1 aromatic rings. The Bertz CT molecular complexity index is 488. The van der Waals surface area contributed by atoms with E-state index in [9.17, 15) is 4.39 Å². The largest absolute Gasteiger partial charge is 0.392 e. The highest BCUT2D eigenvalue weighted by atomic mass is 19.1. The van der Waals surface area contributed by atoms with Crippen molar-refractivity contribution in [3.8, 4) is 0 Å². The summed E-state index contributed by atoms with van der Waals surface area (Å²) in [7, 11) is 0. The molecular formula is C16H22FNO. The van der Waals surface area contributed by atoms with Gasteiger partial charge in [-0.15, -0.1) is 0 Å². The van der Waals surface area contributed by atoms with Gasteiger partial charge in [-0.1, -0.05) is 38.5 Å². The zero-order chi connectivity index (χ0) is 14.0. The Kier molecular flexibility index (Phi) is 3.95. The van der Waals surface area contributed by atoms with Gasteiger partial charge >= 0.3 is 0 Å². The van der Waals surface area contributed by atoms with Crippen molar-refractivity contribution in [2.75, 3.05) is 18.0 Å². The minimum absolute atomic E-state index is 0.120. The zero-order valence-electron chi connectivity index (χ0n) is 11.9. The third-order valence-electron chi connectivity index (χ3n) is 3.71. The molecule has 1 aliphatic rings. The van der Waals surface area contributed by atoms with Crippen LogP contribution in [0.2, 0.25) is 0 Å². The predicted molar refractivity (Wildman–Crippen MR) is 76.7 cm³/mol. The molecule has 0 unspecified atom stereocenters. The molecule has 0 atom stereocenters. The van der Waals surface area contributed by atoms with Gasteiger partial charge in [0, 0.05) is 13.1 Å². The summed E-state index contributed by atoms with van der Waals surface area (Å²) in [4.78, 5) is 2.05. The second-order valence-electron chi connectivity index (χ2n) is 6.12. The van der Waals surface area contributed by atoms with Gasteiger partial charge in [-0.05, 0) is 29.5 Å². The Morgan fingerprint density at radius 3 is 2.53 bits per heavy atom. The van der Waals surface area contributed by atoms with Crippen LogP contribution in [0.3, 0.4) is 0 Å². The van der Waals surface area contributed by atoms with E-state index in [4.69, 9.17) is 5.11 Å². The second-order valence-corrected chi connectivity index (χ2v) is 6.12. The Balaban J connectivity index is 2.16. The standard InChI is InChI=1S/C16H22FNO/c1-16(2,3)13-6-8-18(9-7-13)15-5-4-12(11-19)10-14(15)17/h4-6,10,19H,7-9,11H2,1-3H3. The van der Waals surface area contributed by atoms with Gasteiger partial charge in [0.25, 0.3) is 0 Å². The molecule has 1 heterocycles. The van der Waals surface area contributed by atoms with Crippen LogP contribution >= 0.6 is 0 Å². The first-order chi connectivity index (χ1) is 8.91. The molecule has 0 aliphatic carbocycles. The number of rotatable bonds is 2. The molecule has 0 spiro atoms. The molecule has 0 radical (unpaired) electrons. The summed E-state index contributed by atoms with van der Waals surface area (Å²) < 4.78 is 14.0. The topological polar surface area (TPSA) is 23.5 Å². The molecular weight excluding hydrogens is 241 g/mol. The normalized spacial score (nSPS) is 16.5. The summed E-state index contributed by atoms with van der Waals surface area (Å²) in [6.07, 6.45) is 3.19. The summed E-state index contributed by atoms with van der Waals surface area (Å²) in [5.74, 6) is -0.251. The van der Waals surface area contributed by atoms with Crippen LogP contribution in [0.25, 0.3) is 0 Å². The average Bonchev–Trinajstić information content (AvgIpc) is 2.37. The van der Waals surface area contributed by atoms with E-state index >= 15 is 0 Å². The number of hydrogen-bond acceptors (Lipinski definition) is 2. The molecule has 2 rings (SSSR count). The van der Waals surface area contributed by atoms with Crippen LogP contribution in [-0.4, -0.2) is 18.2 Å². The van der Waals surface area contributed by atoms with Gasteiger partial charge in [-0.2, -0.15) is 0 Å². The van der Waals surface area contributed by atoms with Crippen molar-refractivity contribution in [2.24, 2.45) is 5.41 Å². The molecule has 1 aliphatic heterocycles. The quantitative estimate of drug-likeness (QED) is 0.825. The lowest BCUT2D eigenvalue weighted by Crippen LogP contribution is -2.31. The fourth-order valence-corrected chi connectivity index (χ4v) is 2.47. The van der Waals surface area contributed by atoms with Crippen LogP contribution in [-0.2, 0) is 6.61 Å². The minimum atomic E-state index is -0.251. The molecule has 0 saturated heterocycles. The molecule has 0 aromatic heterocycles. The molecule has 0 saturated carbocycles. The Labute approximate surface area is 114 Å². The van der Waals surface area contributed by atoms with E-state index in [0.717, 1.165) is 19.5 Å². The van der Waals surface area contributed by atoms with Crippen LogP contribution in [0.15, 0.2) is 29.8 Å². The monoisotopic (exact) mass is 263 g/mol. The lowest BCUT2D eigenvalue weighted by molar-refractivity contribution is 0.281. The Morgan fingerprint density at radius 2 is 2.05 bits per heavy atom. The molecule has 1 N–H and O–H groups in total. The summed E-state index contributed by atoms with van der Waals surface area (Å²) in [5, 5.41) is 9.00. The summed E-state index contributed by atoms with van der Waals surface area (Å²) in [6, 6.07) is 4.95. The maximum Gasteiger partial charge on any atom is 0.146 e. The number of nitrogens with zero attached hydrogens (tertiary/aromatic N) is 1. The van der Waals surface area contributed by atoms with E-state index in [2.05, 4.69) is 26.8 Å². The van der Waals surface area contributed by atoms with E-state index in [-0.39, 0.29) is 17.8 Å². The molecule has 1 aromatic carbocycles. The highest BCUT2D eigenvalue weighted by Crippen LogP contribution is 2.32. The van der Waals surface area contributed by atoms with Crippen molar-refractivity contribution >= 4 is 5.69 Å². The molecule has 0 amide bonds. The van der Waals surface area contributed by atoms with Gasteiger partial charge in [0.2, 0.25) is 0 Å². The molecule has 3 heteroatoms. The van der Waals surface area contributed by atoms with E-state index in [0.29, 0.717) is 11.3 Å². The molecule has 0 bridgehead atoms. The Hall–Kier alpha value is -1.35. The SMILES string of the molecule is CC(C)(C)C1=CCN(c2ccc(CO)cc2F)CC1. The molecule has 0 fully saturated rings. The van der Waals surface area contributed by atoms with Crippen molar-refractivity contribution in [3.63, 3.8) is 0 Å². The van der Waals surface area contributed by atoms with Crippen LogP contribution < -0.4 is 4.90 Å². The third-order valence-corrected chi connectivity index (χ3v) is 3.71. The number of halogens is 1. The summed E-state index contributed by atoms with van der Waals surface area (Å²) in [6.45, 7) is 8.12. The van der Waals surface area contributed by atoms with Crippen molar-refractivity contribution in [1.82, 2.24) is 0 Å². The fraction of sp³-hybridized carbons (Fsp3) is 0.500. The number of anilines is 1. The van der Waals surface area contributed by atoms with Crippen molar-refractivity contribution in [1.29, 1.82) is 0 Å². The van der Waals surface area contributed by atoms with Gasteiger partial charge in [0.15, 0.2) is 0 Å². The minimum Gasteiger partial charge on any atom is -0.392 e. The second kappa shape index (κ2) is 5.33. The van der Waals surface area contributed by atoms with Crippen molar-refractivity contribution < 1.29 is 9.50 Å². The highest BCUT2D eigenvalue weighted by Gasteiger charge is 2.22.